The topological polar surface area (TPSA) is 41.1 Å². The molecule has 0 aliphatic carbocycles. The van der Waals surface area contributed by atoms with E-state index in [1.807, 2.05) is 0 Å². The van der Waals surface area contributed by atoms with Crippen molar-refractivity contribution in [2.24, 2.45) is 0 Å². The first kappa shape index (κ1) is 14.3. The third-order valence-corrected chi connectivity index (χ3v) is 2.88. The fourth-order valence-electron chi connectivity index (χ4n) is 1.70. The summed E-state index contributed by atoms with van der Waals surface area (Å²) in [5, 5.41) is 6.17. The number of halogens is 2. The van der Waals surface area contributed by atoms with Crippen molar-refractivity contribution in [2.75, 3.05) is 17.2 Å². The quantitative estimate of drug-likeness (QED) is 0.877. The number of rotatable bonds is 5. The van der Waals surface area contributed by atoms with E-state index in [0.717, 1.165) is 0 Å². The third-order valence-electron chi connectivity index (χ3n) is 2.65. The van der Waals surface area contributed by atoms with E-state index < -0.39 is 0 Å². The van der Waals surface area contributed by atoms with Gasteiger partial charge in [0.05, 0.1) is 5.69 Å². The minimum atomic E-state index is -0.331. The van der Waals surface area contributed by atoms with E-state index in [1.54, 1.807) is 42.5 Å². The lowest BCUT2D eigenvalue weighted by molar-refractivity contribution is -0.115. The number of carbonyl (C=O) groups is 1. The maximum Gasteiger partial charge on any atom is 0.226 e. The fourth-order valence-corrected chi connectivity index (χ4v) is 1.90. The third kappa shape index (κ3) is 4.24. The van der Waals surface area contributed by atoms with E-state index in [1.165, 1.54) is 6.07 Å². The summed E-state index contributed by atoms with van der Waals surface area (Å²) in [5.74, 6) is -0.487. The van der Waals surface area contributed by atoms with Crippen LogP contribution in [0.25, 0.3) is 0 Å². The molecule has 0 heterocycles. The molecule has 3 nitrogen and oxygen atoms in total. The molecule has 0 aliphatic rings. The Morgan fingerprint density at radius 3 is 2.70 bits per heavy atom. The highest BCUT2D eigenvalue weighted by Crippen LogP contribution is 2.15. The van der Waals surface area contributed by atoms with Crippen molar-refractivity contribution < 1.29 is 9.18 Å². The second-order valence-corrected chi connectivity index (χ2v) is 4.65. The van der Waals surface area contributed by atoms with E-state index in [4.69, 9.17) is 11.6 Å². The molecule has 2 aromatic rings. The van der Waals surface area contributed by atoms with Gasteiger partial charge in [0, 0.05) is 23.7 Å². The van der Waals surface area contributed by atoms with Gasteiger partial charge in [-0.2, -0.15) is 0 Å². The number of para-hydroxylation sites is 1. The van der Waals surface area contributed by atoms with Crippen LogP contribution in [0.5, 0.6) is 0 Å². The van der Waals surface area contributed by atoms with Gasteiger partial charge in [-0.15, -0.1) is 0 Å². The fraction of sp³-hybridized carbons (Fsp3) is 0.133. The Morgan fingerprint density at radius 1 is 1.15 bits per heavy atom. The van der Waals surface area contributed by atoms with Crippen LogP contribution in [0.15, 0.2) is 48.5 Å². The molecule has 2 aromatic carbocycles. The molecule has 0 saturated carbocycles. The van der Waals surface area contributed by atoms with Gasteiger partial charge in [-0.25, -0.2) is 4.39 Å². The first-order chi connectivity index (χ1) is 9.65. The van der Waals surface area contributed by atoms with Gasteiger partial charge in [-0.1, -0.05) is 29.8 Å². The van der Waals surface area contributed by atoms with E-state index in [0.29, 0.717) is 22.9 Å². The molecule has 0 saturated heterocycles. The summed E-state index contributed by atoms with van der Waals surface area (Å²) >= 11 is 5.82. The number of anilines is 2. The molecule has 0 aromatic heterocycles. The lowest BCUT2D eigenvalue weighted by Crippen LogP contribution is -2.16. The maximum atomic E-state index is 13.3. The Hall–Kier alpha value is -2.07. The van der Waals surface area contributed by atoms with Crippen LogP contribution < -0.4 is 10.6 Å². The van der Waals surface area contributed by atoms with Gasteiger partial charge in [-0.05, 0) is 30.3 Å². The Balaban J connectivity index is 1.80. The molecule has 0 aliphatic heterocycles. The lowest BCUT2D eigenvalue weighted by Gasteiger charge is -2.08. The van der Waals surface area contributed by atoms with Gasteiger partial charge in [0.2, 0.25) is 5.91 Å². The van der Waals surface area contributed by atoms with Crippen LogP contribution in [0.3, 0.4) is 0 Å². The highest BCUT2D eigenvalue weighted by Gasteiger charge is 2.04. The normalized spacial score (nSPS) is 10.1. The van der Waals surface area contributed by atoms with Gasteiger partial charge in [0.25, 0.3) is 0 Å². The van der Waals surface area contributed by atoms with E-state index in [2.05, 4.69) is 10.6 Å². The zero-order valence-corrected chi connectivity index (χ0v) is 11.5. The highest BCUT2D eigenvalue weighted by atomic mass is 35.5. The summed E-state index contributed by atoms with van der Waals surface area (Å²) in [5.41, 5.74) is 1.04. The average Bonchev–Trinajstić information content (AvgIpc) is 2.41. The Kier molecular flexibility index (Phi) is 4.96. The number of nitrogens with one attached hydrogen (secondary N) is 2. The first-order valence-corrected chi connectivity index (χ1v) is 6.57. The van der Waals surface area contributed by atoms with Crippen molar-refractivity contribution in [2.45, 2.75) is 6.42 Å². The number of hydrogen-bond donors (Lipinski definition) is 2. The monoisotopic (exact) mass is 292 g/mol. The number of carbonyl (C=O) groups excluding carboxylic acids is 1. The molecular formula is C15H14ClFN2O. The summed E-state index contributed by atoms with van der Waals surface area (Å²) in [6, 6.07) is 13.3. The van der Waals surface area contributed by atoms with Gasteiger partial charge in [-0.3, -0.25) is 4.79 Å². The summed E-state index contributed by atoms with van der Waals surface area (Å²) < 4.78 is 13.3. The molecule has 20 heavy (non-hydrogen) atoms. The average molecular weight is 293 g/mol. The van der Waals surface area contributed by atoms with Crippen LogP contribution in [0.1, 0.15) is 6.42 Å². The Bertz CT molecular complexity index is 604. The standard InChI is InChI=1S/C15H14ClFN2O/c16-11-4-3-5-12(10-11)19-15(20)8-9-18-14-7-2-1-6-13(14)17/h1-7,10,18H,8-9H2,(H,19,20). The van der Waals surface area contributed by atoms with Crippen molar-refractivity contribution >= 4 is 28.9 Å². The largest absolute Gasteiger partial charge is 0.382 e. The molecule has 0 spiro atoms. The van der Waals surface area contributed by atoms with E-state index in [9.17, 15) is 9.18 Å². The van der Waals surface area contributed by atoms with Crippen LogP contribution in [0, 0.1) is 5.82 Å². The zero-order chi connectivity index (χ0) is 14.4. The molecule has 2 rings (SSSR count). The minimum Gasteiger partial charge on any atom is -0.382 e. The van der Waals surface area contributed by atoms with Crippen LogP contribution in [0.2, 0.25) is 5.02 Å². The molecule has 1 amide bonds. The minimum absolute atomic E-state index is 0.156. The predicted octanol–water partition coefficient (Wildman–Crippen LogP) is 3.92. The van der Waals surface area contributed by atoms with Crippen LogP contribution >= 0.6 is 11.6 Å². The molecule has 2 N–H and O–H groups in total. The van der Waals surface area contributed by atoms with E-state index >= 15 is 0 Å². The first-order valence-electron chi connectivity index (χ1n) is 6.19. The van der Waals surface area contributed by atoms with Crippen molar-refractivity contribution in [3.63, 3.8) is 0 Å². The Labute approximate surface area is 121 Å². The molecule has 0 fully saturated rings. The molecule has 5 heteroatoms. The van der Waals surface area contributed by atoms with Crippen LogP contribution in [0.4, 0.5) is 15.8 Å². The van der Waals surface area contributed by atoms with Crippen molar-refractivity contribution in [1.82, 2.24) is 0 Å². The molecule has 0 bridgehead atoms. The lowest BCUT2D eigenvalue weighted by atomic mass is 10.3. The van der Waals surface area contributed by atoms with Crippen molar-refractivity contribution in [1.29, 1.82) is 0 Å². The smallest absolute Gasteiger partial charge is 0.226 e. The molecule has 0 unspecified atom stereocenters. The second kappa shape index (κ2) is 6.91. The molecule has 0 radical (unpaired) electrons. The molecular weight excluding hydrogens is 279 g/mol. The second-order valence-electron chi connectivity index (χ2n) is 4.22. The van der Waals surface area contributed by atoms with Gasteiger partial charge in [0.1, 0.15) is 5.82 Å². The van der Waals surface area contributed by atoms with Gasteiger partial charge >= 0.3 is 0 Å². The molecule has 0 atom stereocenters. The number of benzene rings is 2. The maximum absolute atomic E-state index is 13.3. The highest BCUT2D eigenvalue weighted by molar-refractivity contribution is 6.30. The summed E-state index contributed by atoms with van der Waals surface area (Å²) in [6.45, 7) is 0.354. The molecule has 104 valence electrons. The van der Waals surface area contributed by atoms with Crippen LogP contribution in [-0.4, -0.2) is 12.5 Å². The summed E-state index contributed by atoms with van der Waals surface area (Å²) in [7, 11) is 0. The van der Waals surface area contributed by atoms with Gasteiger partial charge < -0.3 is 10.6 Å². The van der Waals surface area contributed by atoms with Crippen LogP contribution in [-0.2, 0) is 4.79 Å². The number of hydrogen-bond acceptors (Lipinski definition) is 2. The summed E-state index contributed by atoms with van der Waals surface area (Å²) in [4.78, 5) is 11.7. The van der Waals surface area contributed by atoms with E-state index in [-0.39, 0.29) is 18.1 Å². The zero-order valence-electron chi connectivity index (χ0n) is 10.7. The predicted molar refractivity (Wildman–Crippen MR) is 79.6 cm³/mol. The van der Waals surface area contributed by atoms with Crippen molar-refractivity contribution in [3.8, 4) is 0 Å². The number of amides is 1. The Morgan fingerprint density at radius 2 is 1.95 bits per heavy atom. The van der Waals surface area contributed by atoms with Crippen molar-refractivity contribution in [3.05, 3.63) is 59.4 Å². The SMILES string of the molecule is O=C(CCNc1ccccc1F)Nc1cccc(Cl)c1. The van der Waals surface area contributed by atoms with Gasteiger partial charge in [0.15, 0.2) is 0 Å². The summed E-state index contributed by atoms with van der Waals surface area (Å²) in [6.07, 6.45) is 0.237.